The number of hydrogen-bond acceptors (Lipinski definition) is 4. The van der Waals surface area contributed by atoms with Crippen molar-refractivity contribution in [1.82, 2.24) is 10.2 Å². The zero-order valence-corrected chi connectivity index (χ0v) is 13.5. The van der Waals surface area contributed by atoms with Gasteiger partial charge in [0.05, 0.1) is 13.0 Å². The first-order chi connectivity index (χ1) is 11.1. The van der Waals surface area contributed by atoms with Gasteiger partial charge in [-0.05, 0) is 24.1 Å². The van der Waals surface area contributed by atoms with E-state index in [1.165, 1.54) is 0 Å². The number of amides is 1. The van der Waals surface area contributed by atoms with E-state index >= 15 is 0 Å². The van der Waals surface area contributed by atoms with Crippen molar-refractivity contribution in [1.29, 1.82) is 0 Å². The van der Waals surface area contributed by atoms with Crippen molar-refractivity contribution >= 4 is 11.9 Å². The van der Waals surface area contributed by atoms with Crippen LogP contribution in [0.3, 0.4) is 0 Å². The first kappa shape index (κ1) is 17.3. The number of carboxylic acids is 1. The molecule has 23 heavy (non-hydrogen) atoms. The normalized spacial score (nSPS) is 18.5. The molecule has 1 heterocycles. The summed E-state index contributed by atoms with van der Waals surface area (Å²) in [5.41, 5.74) is 1.02. The topological polar surface area (TPSA) is 78.9 Å². The van der Waals surface area contributed by atoms with Crippen LogP contribution in [0.4, 0.5) is 0 Å². The number of nitrogens with one attached hydrogen (secondary N) is 1. The number of carboxylic acid groups (broad SMARTS) is 1. The Balaban J connectivity index is 2.02. The van der Waals surface area contributed by atoms with Crippen molar-refractivity contribution in [2.45, 2.75) is 38.8 Å². The molecule has 2 N–H and O–H groups in total. The molecule has 6 heteroatoms. The van der Waals surface area contributed by atoms with Gasteiger partial charge in [0.1, 0.15) is 11.8 Å². The van der Waals surface area contributed by atoms with Crippen molar-refractivity contribution in [2.24, 2.45) is 0 Å². The van der Waals surface area contributed by atoms with Gasteiger partial charge >= 0.3 is 5.97 Å². The van der Waals surface area contributed by atoms with Gasteiger partial charge in [0.25, 0.3) is 0 Å². The Morgan fingerprint density at radius 1 is 1.48 bits per heavy atom. The van der Waals surface area contributed by atoms with Crippen molar-refractivity contribution in [3.8, 4) is 5.75 Å². The Labute approximate surface area is 136 Å². The van der Waals surface area contributed by atoms with E-state index in [4.69, 9.17) is 9.84 Å². The number of aliphatic carboxylic acids is 1. The van der Waals surface area contributed by atoms with E-state index in [1.807, 2.05) is 29.2 Å². The predicted molar refractivity (Wildman–Crippen MR) is 86.3 cm³/mol. The van der Waals surface area contributed by atoms with Crippen LogP contribution in [-0.2, 0) is 16.1 Å². The zero-order valence-electron chi connectivity index (χ0n) is 13.5. The lowest BCUT2D eigenvalue weighted by molar-refractivity contribution is -0.143. The van der Waals surface area contributed by atoms with Crippen LogP contribution in [0.2, 0.25) is 0 Å². The van der Waals surface area contributed by atoms with E-state index in [1.54, 1.807) is 0 Å². The Morgan fingerprint density at radius 2 is 2.30 bits per heavy atom. The molecule has 1 aromatic rings. The Kier molecular flexibility index (Phi) is 6.40. The minimum atomic E-state index is -0.964. The molecule has 1 amide bonds. The average Bonchev–Trinajstić information content (AvgIpc) is 2.51. The molecule has 1 atom stereocenters. The van der Waals surface area contributed by atoms with E-state index in [0.29, 0.717) is 26.2 Å². The highest BCUT2D eigenvalue weighted by Crippen LogP contribution is 2.18. The van der Waals surface area contributed by atoms with Crippen LogP contribution in [0.15, 0.2) is 24.3 Å². The van der Waals surface area contributed by atoms with Gasteiger partial charge < -0.3 is 15.2 Å². The van der Waals surface area contributed by atoms with Crippen LogP contribution in [0.1, 0.15) is 31.7 Å². The number of unbranched alkanes of at least 4 members (excludes halogenated alkanes) is 1. The lowest BCUT2D eigenvalue weighted by Gasteiger charge is -2.34. The second-order valence-electron chi connectivity index (χ2n) is 5.72. The summed E-state index contributed by atoms with van der Waals surface area (Å²) in [4.78, 5) is 24.8. The maximum atomic E-state index is 11.9. The van der Waals surface area contributed by atoms with Gasteiger partial charge in [0.15, 0.2) is 0 Å². The highest BCUT2D eigenvalue weighted by atomic mass is 16.5. The molecule has 0 spiro atoms. The van der Waals surface area contributed by atoms with Gasteiger partial charge in [0.2, 0.25) is 5.91 Å². The van der Waals surface area contributed by atoms with Crippen LogP contribution in [-0.4, -0.2) is 47.6 Å². The summed E-state index contributed by atoms with van der Waals surface area (Å²) in [5, 5.41) is 11.7. The number of benzene rings is 1. The Morgan fingerprint density at radius 3 is 3.04 bits per heavy atom. The third-order valence-electron chi connectivity index (χ3n) is 3.86. The molecule has 1 unspecified atom stereocenters. The largest absolute Gasteiger partial charge is 0.494 e. The van der Waals surface area contributed by atoms with Crippen molar-refractivity contribution in [3.63, 3.8) is 0 Å². The van der Waals surface area contributed by atoms with Crippen molar-refractivity contribution < 1.29 is 19.4 Å². The number of piperazine rings is 1. The number of carbonyl (C=O) groups excluding carboxylic acids is 1. The van der Waals surface area contributed by atoms with Gasteiger partial charge in [-0.15, -0.1) is 0 Å². The molecule has 0 aromatic heterocycles. The number of ether oxygens (including phenoxy) is 1. The third kappa shape index (κ3) is 5.25. The van der Waals surface area contributed by atoms with E-state index in [-0.39, 0.29) is 12.3 Å². The van der Waals surface area contributed by atoms with E-state index < -0.39 is 12.0 Å². The predicted octanol–water partition coefficient (Wildman–Crippen LogP) is 1.64. The second-order valence-corrected chi connectivity index (χ2v) is 5.72. The van der Waals surface area contributed by atoms with Crippen molar-refractivity contribution in [3.05, 3.63) is 29.8 Å². The minimum absolute atomic E-state index is 0.182. The summed E-state index contributed by atoms with van der Waals surface area (Å²) >= 11 is 0. The molecule has 0 bridgehead atoms. The average molecular weight is 320 g/mol. The molecule has 1 aliphatic rings. The molecule has 1 aromatic carbocycles. The monoisotopic (exact) mass is 320 g/mol. The van der Waals surface area contributed by atoms with Crippen LogP contribution >= 0.6 is 0 Å². The molecule has 1 fully saturated rings. The Hall–Kier alpha value is -2.08. The van der Waals surface area contributed by atoms with Gasteiger partial charge in [-0.25, -0.2) is 0 Å². The number of nitrogens with zero attached hydrogens (tertiary/aromatic N) is 1. The summed E-state index contributed by atoms with van der Waals surface area (Å²) in [6.45, 7) is 4.53. The van der Waals surface area contributed by atoms with Gasteiger partial charge in [0, 0.05) is 19.6 Å². The number of carbonyl (C=O) groups is 2. The first-order valence-electron chi connectivity index (χ1n) is 8.05. The highest BCUT2D eigenvalue weighted by Gasteiger charge is 2.31. The quantitative estimate of drug-likeness (QED) is 0.712. The van der Waals surface area contributed by atoms with Gasteiger partial charge in [-0.2, -0.15) is 0 Å². The molecular weight excluding hydrogens is 296 g/mol. The SMILES string of the molecule is CCCCOc1cccc(CN2CCNC(=O)C2CC(=O)O)c1. The smallest absolute Gasteiger partial charge is 0.305 e. The fourth-order valence-electron chi connectivity index (χ4n) is 2.64. The van der Waals surface area contributed by atoms with Crippen LogP contribution in [0, 0.1) is 0 Å². The second kappa shape index (κ2) is 8.53. The van der Waals surface area contributed by atoms with Gasteiger partial charge in [-0.3, -0.25) is 14.5 Å². The molecule has 6 nitrogen and oxygen atoms in total. The fraction of sp³-hybridized carbons (Fsp3) is 0.529. The molecule has 1 saturated heterocycles. The van der Waals surface area contributed by atoms with E-state index in [9.17, 15) is 9.59 Å². The van der Waals surface area contributed by atoms with E-state index in [2.05, 4.69) is 12.2 Å². The summed E-state index contributed by atoms with van der Waals surface area (Å²) < 4.78 is 5.70. The summed E-state index contributed by atoms with van der Waals surface area (Å²) in [6.07, 6.45) is 1.91. The van der Waals surface area contributed by atoms with Crippen LogP contribution in [0.5, 0.6) is 5.75 Å². The first-order valence-corrected chi connectivity index (χ1v) is 8.05. The molecule has 0 aliphatic carbocycles. The molecule has 0 saturated carbocycles. The summed E-state index contributed by atoms with van der Waals surface area (Å²) in [7, 11) is 0. The molecule has 126 valence electrons. The highest BCUT2D eigenvalue weighted by molar-refractivity contribution is 5.86. The summed E-state index contributed by atoms with van der Waals surface area (Å²) in [5.74, 6) is -0.366. The molecule has 0 radical (unpaired) electrons. The van der Waals surface area contributed by atoms with Crippen LogP contribution < -0.4 is 10.1 Å². The molecule has 1 aliphatic heterocycles. The Bertz CT molecular complexity index is 547. The number of rotatable bonds is 8. The summed E-state index contributed by atoms with van der Waals surface area (Å²) in [6, 6.07) is 7.15. The lowest BCUT2D eigenvalue weighted by Crippen LogP contribution is -2.55. The number of hydrogen-bond donors (Lipinski definition) is 2. The lowest BCUT2D eigenvalue weighted by atomic mass is 10.1. The zero-order chi connectivity index (χ0) is 16.7. The van der Waals surface area contributed by atoms with Crippen molar-refractivity contribution in [2.75, 3.05) is 19.7 Å². The van der Waals surface area contributed by atoms with E-state index in [0.717, 1.165) is 24.2 Å². The fourth-order valence-corrected chi connectivity index (χ4v) is 2.64. The van der Waals surface area contributed by atoms with Crippen LogP contribution in [0.25, 0.3) is 0 Å². The molecular formula is C17H24N2O4. The van der Waals surface area contributed by atoms with Gasteiger partial charge in [-0.1, -0.05) is 25.5 Å². The maximum Gasteiger partial charge on any atom is 0.305 e. The minimum Gasteiger partial charge on any atom is -0.494 e. The third-order valence-corrected chi connectivity index (χ3v) is 3.86. The standard InChI is InChI=1S/C17H24N2O4/c1-2-3-9-23-14-6-4-5-13(10-14)12-19-8-7-18-17(22)15(19)11-16(20)21/h4-6,10,15H,2-3,7-9,11-12H2,1H3,(H,18,22)(H,20,21). The molecule has 2 rings (SSSR count). The maximum absolute atomic E-state index is 11.9.